The maximum Gasteiger partial charge on any atom is 0.573 e. The van der Waals surface area contributed by atoms with E-state index >= 15 is 0 Å². The average molecular weight is 354 g/mol. The Hall–Kier alpha value is -2.09. The largest absolute Gasteiger partial charge is 0.573 e. The average Bonchev–Trinajstić information content (AvgIpc) is 2.54. The summed E-state index contributed by atoms with van der Waals surface area (Å²) in [6.07, 6.45) is -4.94. The number of ether oxygens (including phenoxy) is 1. The number of nitrogens with two attached hydrogens (primary N) is 1. The van der Waals surface area contributed by atoms with Gasteiger partial charge in [0.05, 0.1) is 6.10 Å². The predicted molar refractivity (Wildman–Crippen MR) is 89.0 cm³/mol. The lowest BCUT2D eigenvalue weighted by molar-refractivity contribution is -0.274. The molecule has 2 aromatic carbocycles. The van der Waals surface area contributed by atoms with Gasteiger partial charge in [0.2, 0.25) is 0 Å². The number of halogens is 3. The van der Waals surface area contributed by atoms with Crippen molar-refractivity contribution in [1.82, 2.24) is 5.32 Å². The number of hydrogen-bond donors (Lipinski definition) is 3. The third-order valence-corrected chi connectivity index (χ3v) is 3.62. The molecule has 2 unspecified atom stereocenters. The molecule has 0 aliphatic carbocycles. The zero-order valence-electron chi connectivity index (χ0n) is 13.5. The molecule has 7 heteroatoms. The van der Waals surface area contributed by atoms with E-state index in [0.717, 1.165) is 5.56 Å². The van der Waals surface area contributed by atoms with Gasteiger partial charge in [-0.05, 0) is 29.7 Å². The van der Waals surface area contributed by atoms with E-state index in [9.17, 15) is 18.3 Å². The maximum atomic E-state index is 12.2. The third-order valence-electron chi connectivity index (χ3n) is 3.62. The van der Waals surface area contributed by atoms with Crippen molar-refractivity contribution in [1.29, 1.82) is 0 Å². The monoisotopic (exact) mass is 354 g/mol. The van der Waals surface area contributed by atoms with Gasteiger partial charge in [-0.15, -0.1) is 13.2 Å². The zero-order valence-corrected chi connectivity index (χ0v) is 13.5. The molecular formula is C18H21F3N2O2. The number of rotatable bonds is 8. The van der Waals surface area contributed by atoms with Gasteiger partial charge in [0.15, 0.2) is 0 Å². The van der Waals surface area contributed by atoms with Crippen LogP contribution in [0.25, 0.3) is 0 Å². The summed E-state index contributed by atoms with van der Waals surface area (Å²) in [5.41, 5.74) is 7.64. The van der Waals surface area contributed by atoms with E-state index in [4.69, 9.17) is 5.73 Å². The van der Waals surface area contributed by atoms with Crippen molar-refractivity contribution in [2.24, 2.45) is 5.73 Å². The molecule has 0 aromatic heterocycles. The van der Waals surface area contributed by atoms with Crippen LogP contribution in [0.2, 0.25) is 0 Å². The van der Waals surface area contributed by atoms with Gasteiger partial charge >= 0.3 is 6.36 Å². The van der Waals surface area contributed by atoms with Crippen LogP contribution in [-0.4, -0.2) is 30.2 Å². The van der Waals surface area contributed by atoms with Crippen molar-refractivity contribution in [3.05, 3.63) is 65.7 Å². The SMILES string of the molecule is NC(Cc1ccccc1)C(O)CNCc1cccc(OC(F)(F)F)c1. The van der Waals surface area contributed by atoms with Gasteiger partial charge in [0, 0.05) is 19.1 Å². The van der Waals surface area contributed by atoms with Crippen molar-refractivity contribution in [3.8, 4) is 5.75 Å². The van der Waals surface area contributed by atoms with Crippen molar-refractivity contribution in [2.75, 3.05) is 6.54 Å². The first-order valence-electron chi connectivity index (χ1n) is 7.86. The van der Waals surface area contributed by atoms with Crippen molar-refractivity contribution >= 4 is 0 Å². The molecule has 0 aliphatic rings. The third kappa shape index (κ3) is 7.13. The maximum absolute atomic E-state index is 12.2. The van der Waals surface area contributed by atoms with E-state index in [1.807, 2.05) is 30.3 Å². The summed E-state index contributed by atoms with van der Waals surface area (Å²) in [5, 5.41) is 13.1. The highest BCUT2D eigenvalue weighted by atomic mass is 19.4. The second-order valence-electron chi connectivity index (χ2n) is 5.75. The van der Waals surface area contributed by atoms with Crippen LogP contribution in [0.15, 0.2) is 54.6 Å². The Morgan fingerprint density at radius 2 is 1.72 bits per heavy atom. The summed E-state index contributed by atoms with van der Waals surface area (Å²) in [5.74, 6) is -0.270. The van der Waals surface area contributed by atoms with Crippen LogP contribution in [0, 0.1) is 0 Å². The molecular weight excluding hydrogens is 333 g/mol. The highest BCUT2D eigenvalue weighted by molar-refractivity contribution is 5.28. The highest BCUT2D eigenvalue weighted by Crippen LogP contribution is 2.23. The first kappa shape index (κ1) is 19.2. The molecule has 0 aliphatic heterocycles. The summed E-state index contributed by atoms with van der Waals surface area (Å²) in [7, 11) is 0. The summed E-state index contributed by atoms with van der Waals surface area (Å²) in [6.45, 7) is 0.530. The Labute approximate surface area is 144 Å². The number of nitrogens with one attached hydrogen (secondary N) is 1. The minimum absolute atomic E-state index is 0.234. The normalized spacial score (nSPS) is 14.1. The second kappa shape index (κ2) is 8.84. The van der Waals surface area contributed by atoms with Crippen LogP contribution in [0.4, 0.5) is 13.2 Å². The fraction of sp³-hybridized carbons (Fsp3) is 0.333. The predicted octanol–water partition coefficient (Wildman–Crippen LogP) is 2.61. The van der Waals surface area contributed by atoms with Gasteiger partial charge in [-0.25, -0.2) is 0 Å². The summed E-state index contributed by atoms with van der Waals surface area (Å²) < 4.78 is 40.5. The first-order chi connectivity index (χ1) is 11.8. The molecule has 0 saturated heterocycles. The highest BCUT2D eigenvalue weighted by Gasteiger charge is 2.31. The molecule has 0 spiro atoms. The minimum atomic E-state index is -4.72. The summed E-state index contributed by atoms with van der Waals surface area (Å²) in [4.78, 5) is 0. The molecule has 4 N–H and O–H groups in total. The summed E-state index contributed by atoms with van der Waals surface area (Å²) in [6, 6.07) is 14.9. The second-order valence-corrected chi connectivity index (χ2v) is 5.75. The topological polar surface area (TPSA) is 67.5 Å². The number of alkyl halides is 3. The van der Waals surface area contributed by atoms with Crippen molar-refractivity contribution in [3.63, 3.8) is 0 Å². The van der Waals surface area contributed by atoms with Gasteiger partial charge in [-0.3, -0.25) is 0 Å². The van der Waals surface area contributed by atoms with E-state index in [-0.39, 0.29) is 12.3 Å². The Balaban J connectivity index is 1.79. The van der Waals surface area contributed by atoms with E-state index < -0.39 is 18.5 Å². The Morgan fingerprint density at radius 1 is 1.04 bits per heavy atom. The molecule has 4 nitrogen and oxygen atoms in total. The van der Waals surface area contributed by atoms with Crippen molar-refractivity contribution in [2.45, 2.75) is 31.5 Å². The standard InChI is InChI=1S/C18H21F3N2O2/c19-18(20,21)25-15-8-4-7-14(9-15)11-23-12-17(24)16(22)10-13-5-2-1-3-6-13/h1-9,16-17,23-24H,10-12,22H2. The van der Waals surface area contributed by atoms with Gasteiger partial charge in [0.25, 0.3) is 0 Å². The molecule has 0 fully saturated rings. The molecule has 0 bridgehead atoms. The van der Waals surface area contributed by atoms with Crippen LogP contribution in [0.5, 0.6) is 5.75 Å². The fourth-order valence-corrected chi connectivity index (χ4v) is 2.39. The van der Waals surface area contributed by atoms with Crippen LogP contribution >= 0.6 is 0 Å². The van der Waals surface area contributed by atoms with E-state index in [2.05, 4.69) is 10.1 Å². The van der Waals surface area contributed by atoms with Crippen LogP contribution in [0.3, 0.4) is 0 Å². The van der Waals surface area contributed by atoms with Crippen LogP contribution < -0.4 is 15.8 Å². The lowest BCUT2D eigenvalue weighted by atomic mass is 10.0. The lowest BCUT2D eigenvalue weighted by Crippen LogP contribution is -2.42. The first-order valence-corrected chi connectivity index (χ1v) is 7.86. The van der Waals surface area contributed by atoms with Crippen LogP contribution in [0.1, 0.15) is 11.1 Å². The molecule has 0 amide bonds. The Bertz CT molecular complexity index is 650. The molecule has 2 atom stereocenters. The number of aliphatic hydroxyl groups is 1. The number of hydrogen-bond acceptors (Lipinski definition) is 4. The van der Waals surface area contributed by atoms with Gasteiger partial charge in [-0.1, -0.05) is 42.5 Å². The van der Waals surface area contributed by atoms with Crippen LogP contribution in [-0.2, 0) is 13.0 Å². The van der Waals surface area contributed by atoms with E-state index in [1.54, 1.807) is 6.07 Å². The zero-order chi connectivity index (χ0) is 18.3. The molecule has 2 aromatic rings. The van der Waals surface area contributed by atoms with Gasteiger partial charge < -0.3 is 20.9 Å². The Kier molecular flexibility index (Phi) is 6.81. The smallest absolute Gasteiger partial charge is 0.406 e. The van der Waals surface area contributed by atoms with Crippen molar-refractivity contribution < 1.29 is 23.0 Å². The molecule has 136 valence electrons. The lowest BCUT2D eigenvalue weighted by Gasteiger charge is -2.19. The Morgan fingerprint density at radius 3 is 2.40 bits per heavy atom. The molecule has 0 radical (unpaired) electrons. The van der Waals surface area contributed by atoms with E-state index in [0.29, 0.717) is 18.5 Å². The molecule has 0 saturated carbocycles. The van der Waals surface area contributed by atoms with Gasteiger partial charge in [0.1, 0.15) is 5.75 Å². The van der Waals surface area contributed by atoms with E-state index in [1.165, 1.54) is 18.2 Å². The number of aliphatic hydroxyl groups excluding tert-OH is 1. The van der Waals surface area contributed by atoms with Gasteiger partial charge in [-0.2, -0.15) is 0 Å². The quantitative estimate of drug-likeness (QED) is 0.682. The molecule has 2 rings (SSSR count). The summed E-state index contributed by atoms with van der Waals surface area (Å²) >= 11 is 0. The number of benzene rings is 2. The fourth-order valence-electron chi connectivity index (χ4n) is 2.39. The molecule has 0 heterocycles. The molecule has 25 heavy (non-hydrogen) atoms. The minimum Gasteiger partial charge on any atom is -0.406 e.